The molecule has 2 aliphatic heterocycles. The average Bonchev–Trinajstić information content (AvgIpc) is 3.08. The Morgan fingerprint density at radius 3 is 2.63 bits per heavy atom. The summed E-state index contributed by atoms with van der Waals surface area (Å²) >= 11 is 5.87. The molecule has 0 N–H and O–H groups in total. The maximum atomic E-state index is 12.0. The molecule has 2 fully saturated rings. The molecule has 0 aromatic heterocycles. The standard InChI is InChI=1S/C15H19ClN2O/c16-10-12-8-15(19)18(11-12)14-5-3-4-13(9-14)17-6-1-2-7-17/h3-5,9,12H,1-2,6-8,10-11H2. The largest absolute Gasteiger partial charge is 0.371 e. The van der Waals surface area contributed by atoms with E-state index in [0.29, 0.717) is 18.2 Å². The Morgan fingerprint density at radius 2 is 1.95 bits per heavy atom. The molecule has 2 aliphatic rings. The molecule has 3 nitrogen and oxygen atoms in total. The number of hydrogen-bond donors (Lipinski definition) is 0. The molecule has 102 valence electrons. The minimum absolute atomic E-state index is 0.198. The summed E-state index contributed by atoms with van der Waals surface area (Å²) in [4.78, 5) is 16.3. The van der Waals surface area contributed by atoms with E-state index in [1.54, 1.807) is 0 Å². The highest BCUT2D eigenvalue weighted by Crippen LogP contribution is 2.29. The van der Waals surface area contributed by atoms with Crippen molar-refractivity contribution in [3.05, 3.63) is 24.3 Å². The van der Waals surface area contributed by atoms with Crippen molar-refractivity contribution < 1.29 is 4.79 Å². The second-order valence-corrected chi connectivity index (χ2v) is 5.75. The van der Waals surface area contributed by atoms with Gasteiger partial charge in [-0.1, -0.05) is 6.07 Å². The topological polar surface area (TPSA) is 23.6 Å². The molecule has 1 aromatic carbocycles. The summed E-state index contributed by atoms with van der Waals surface area (Å²) in [5.74, 6) is 1.06. The normalized spacial score (nSPS) is 23.4. The number of carbonyl (C=O) groups is 1. The van der Waals surface area contributed by atoms with Crippen molar-refractivity contribution in [3.63, 3.8) is 0 Å². The van der Waals surface area contributed by atoms with Crippen LogP contribution in [0.1, 0.15) is 19.3 Å². The summed E-state index contributed by atoms with van der Waals surface area (Å²) < 4.78 is 0. The first-order valence-electron chi connectivity index (χ1n) is 6.99. The molecular formula is C15H19ClN2O. The quantitative estimate of drug-likeness (QED) is 0.794. The van der Waals surface area contributed by atoms with Gasteiger partial charge in [0.2, 0.25) is 5.91 Å². The van der Waals surface area contributed by atoms with E-state index in [9.17, 15) is 4.79 Å². The number of alkyl halides is 1. The van der Waals surface area contributed by atoms with E-state index in [2.05, 4.69) is 17.0 Å². The highest BCUT2D eigenvalue weighted by molar-refractivity contribution is 6.18. The summed E-state index contributed by atoms with van der Waals surface area (Å²) in [6.07, 6.45) is 3.11. The lowest BCUT2D eigenvalue weighted by Gasteiger charge is -2.22. The molecule has 0 spiro atoms. The number of nitrogens with zero attached hydrogens (tertiary/aromatic N) is 2. The van der Waals surface area contributed by atoms with Crippen molar-refractivity contribution in [2.24, 2.45) is 5.92 Å². The summed E-state index contributed by atoms with van der Waals surface area (Å²) in [6, 6.07) is 8.34. The van der Waals surface area contributed by atoms with Crippen LogP contribution in [0.3, 0.4) is 0 Å². The van der Waals surface area contributed by atoms with Crippen LogP contribution in [0.4, 0.5) is 11.4 Å². The first-order valence-corrected chi connectivity index (χ1v) is 7.53. The molecule has 4 heteroatoms. The third kappa shape index (κ3) is 2.57. The fourth-order valence-electron chi connectivity index (χ4n) is 2.97. The van der Waals surface area contributed by atoms with Gasteiger partial charge in [0.05, 0.1) is 0 Å². The van der Waals surface area contributed by atoms with E-state index in [-0.39, 0.29) is 5.91 Å². The Morgan fingerprint density at radius 1 is 1.21 bits per heavy atom. The molecular weight excluding hydrogens is 260 g/mol. The van der Waals surface area contributed by atoms with Crippen molar-refractivity contribution in [3.8, 4) is 0 Å². The zero-order valence-electron chi connectivity index (χ0n) is 11.0. The first-order chi connectivity index (χ1) is 9.28. The molecule has 0 bridgehead atoms. The van der Waals surface area contributed by atoms with Gasteiger partial charge < -0.3 is 9.80 Å². The summed E-state index contributed by atoms with van der Waals surface area (Å²) in [5, 5.41) is 0. The van der Waals surface area contributed by atoms with Gasteiger partial charge in [-0.05, 0) is 37.0 Å². The fraction of sp³-hybridized carbons (Fsp3) is 0.533. The number of benzene rings is 1. The SMILES string of the molecule is O=C1CC(CCl)CN1c1cccc(N2CCCC2)c1. The van der Waals surface area contributed by atoms with Gasteiger partial charge in [0.25, 0.3) is 0 Å². The van der Waals surface area contributed by atoms with Crippen LogP contribution in [-0.4, -0.2) is 31.4 Å². The Kier molecular flexibility index (Phi) is 3.65. The van der Waals surface area contributed by atoms with Crippen molar-refractivity contribution in [1.29, 1.82) is 0 Å². The van der Waals surface area contributed by atoms with Gasteiger partial charge in [0, 0.05) is 43.3 Å². The van der Waals surface area contributed by atoms with Crippen LogP contribution >= 0.6 is 11.6 Å². The number of rotatable bonds is 3. The molecule has 1 amide bonds. The molecule has 1 atom stereocenters. The van der Waals surface area contributed by atoms with Crippen LogP contribution in [0.5, 0.6) is 0 Å². The van der Waals surface area contributed by atoms with Crippen molar-refractivity contribution in [1.82, 2.24) is 0 Å². The summed E-state index contributed by atoms with van der Waals surface area (Å²) in [5.41, 5.74) is 2.25. The van der Waals surface area contributed by atoms with Gasteiger partial charge in [-0.2, -0.15) is 0 Å². The summed E-state index contributed by atoms with van der Waals surface area (Å²) in [7, 11) is 0. The molecule has 2 saturated heterocycles. The van der Waals surface area contributed by atoms with Gasteiger partial charge in [0.1, 0.15) is 0 Å². The third-order valence-corrected chi connectivity index (χ3v) is 4.47. The van der Waals surface area contributed by atoms with Crippen molar-refractivity contribution >= 4 is 28.9 Å². The smallest absolute Gasteiger partial charge is 0.227 e. The van der Waals surface area contributed by atoms with Crippen LogP contribution < -0.4 is 9.80 Å². The van der Waals surface area contributed by atoms with Gasteiger partial charge >= 0.3 is 0 Å². The highest BCUT2D eigenvalue weighted by atomic mass is 35.5. The molecule has 1 aromatic rings. The number of halogens is 1. The highest BCUT2D eigenvalue weighted by Gasteiger charge is 2.30. The third-order valence-electron chi connectivity index (χ3n) is 4.04. The molecule has 0 saturated carbocycles. The minimum Gasteiger partial charge on any atom is -0.371 e. The Bertz CT molecular complexity index is 471. The van der Waals surface area contributed by atoms with Crippen LogP contribution in [0.25, 0.3) is 0 Å². The van der Waals surface area contributed by atoms with Crippen LogP contribution in [-0.2, 0) is 4.79 Å². The molecule has 19 heavy (non-hydrogen) atoms. The molecule has 0 aliphatic carbocycles. The minimum atomic E-state index is 0.198. The molecule has 1 unspecified atom stereocenters. The van der Waals surface area contributed by atoms with Crippen LogP contribution in [0.2, 0.25) is 0 Å². The van der Waals surface area contributed by atoms with E-state index >= 15 is 0 Å². The average molecular weight is 279 g/mol. The van der Waals surface area contributed by atoms with E-state index < -0.39 is 0 Å². The summed E-state index contributed by atoms with van der Waals surface area (Å²) in [6.45, 7) is 3.01. The fourth-order valence-corrected chi connectivity index (χ4v) is 3.17. The lowest BCUT2D eigenvalue weighted by Crippen LogP contribution is -2.25. The maximum absolute atomic E-state index is 12.0. The Labute approximate surface area is 119 Å². The van der Waals surface area contributed by atoms with E-state index in [0.717, 1.165) is 25.3 Å². The maximum Gasteiger partial charge on any atom is 0.227 e. The van der Waals surface area contributed by atoms with Gasteiger partial charge in [0.15, 0.2) is 0 Å². The van der Waals surface area contributed by atoms with E-state index in [4.69, 9.17) is 11.6 Å². The molecule has 0 radical (unpaired) electrons. The number of carbonyl (C=O) groups excluding carboxylic acids is 1. The van der Waals surface area contributed by atoms with Crippen molar-refractivity contribution in [2.75, 3.05) is 35.3 Å². The predicted molar refractivity (Wildman–Crippen MR) is 79.1 cm³/mol. The number of anilines is 2. The molecule has 2 heterocycles. The van der Waals surface area contributed by atoms with Gasteiger partial charge in [-0.25, -0.2) is 0 Å². The lowest BCUT2D eigenvalue weighted by molar-refractivity contribution is -0.117. The molecule has 3 rings (SSSR count). The monoisotopic (exact) mass is 278 g/mol. The lowest BCUT2D eigenvalue weighted by atomic mass is 10.1. The van der Waals surface area contributed by atoms with Crippen molar-refractivity contribution in [2.45, 2.75) is 19.3 Å². The van der Waals surface area contributed by atoms with Crippen LogP contribution in [0, 0.1) is 5.92 Å². The predicted octanol–water partition coefficient (Wildman–Crippen LogP) is 2.88. The second kappa shape index (κ2) is 5.41. The Hall–Kier alpha value is -1.22. The van der Waals surface area contributed by atoms with Gasteiger partial charge in [-0.3, -0.25) is 4.79 Å². The zero-order valence-corrected chi connectivity index (χ0v) is 11.8. The number of amides is 1. The van der Waals surface area contributed by atoms with E-state index in [1.165, 1.54) is 18.5 Å². The van der Waals surface area contributed by atoms with Crippen LogP contribution in [0.15, 0.2) is 24.3 Å². The zero-order chi connectivity index (χ0) is 13.2. The second-order valence-electron chi connectivity index (χ2n) is 5.44. The van der Waals surface area contributed by atoms with Gasteiger partial charge in [-0.15, -0.1) is 11.6 Å². The Balaban J connectivity index is 1.81. The number of hydrogen-bond acceptors (Lipinski definition) is 2. The van der Waals surface area contributed by atoms with E-state index in [1.807, 2.05) is 17.0 Å². The first kappa shape index (κ1) is 12.8.